The number of Topliss-reactive ketones (excluding diaryl/α,β-unsaturated/α-hetero) is 1. The lowest BCUT2D eigenvalue weighted by molar-refractivity contribution is -0.140. The molecule has 1 aliphatic carbocycles. The molecular formula is C14H20O3. The highest BCUT2D eigenvalue weighted by molar-refractivity contribution is 6.00. The van der Waals surface area contributed by atoms with Crippen molar-refractivity contribution < 1.29 is 14.3 Å². The van der Waals surface area contributed by atoms with Crippen LogP contribution in [-0.2, 0) is 14.3 Å². The molecule has 0 N–H and O–H groups in total. The highest BCUT2D eigenvalue weighted by Gasteiger charge is 2.10. The summed E-state index contributed by atoms with van der Waals surface area (Å²) in [5.74, 6) is 0.120. The van der Waals surface area contributed by atoms with Crippen molar-refractivity contribution in [1.29, 1.82) is 0 Å². The standard InChI is InChI=1S/C14H20O3/c1-17-14(16)11-6-4-2-3-5-8-12-9-7-10-13(12)15/h5,8-9H,2-4,6-7,10-11H2,1H3. The Morgan fingerprint density at radius 1 is 1.41 bits per heavy atom. The number of hydrogen-bond acceptors (Lipinski definition) is 3. The van der Waals surface area contributed by atoms with Crippen LogP contribution in [0.3, 0.4) is 0 Å². The van der Waals surface area contributed by atoms with Gasteiger partial charge in [-0.3, -0.25) is 9.59 Å². The first-order valence-corrected chi connectivity index (χ1v) is 6.20. The minimum absolute atomic E-state index is 0.137. The average molecular weight is 236 g/mol. The molecule has 0 saturated carbocycles. The van der Waals surface area contributed by atoms with Crippen LogP contribution in [0.15, 0.2) is 23.8 Å². The first-order chi connectivity index (χ1) is 8.24. The van der Waals surface area contributed by atoms with E-state index in [1.54, 1.807) is 0 Å². The molecule has 17 heavy (non-hydrogen) atoms. The predicted molar refractivity (Wildman–Crippen MR) is 66.6 cm³/mol. The van der Waals surface area contributed by atoms with Crippen LogP contribution in [0.2, 0.25) is 0 Å². The third kappa shape index (κ3) is 5.48. The molecule has 0 unspecified atom stereocenters. The molecule has 0 saturated heterocycles. The number of hydrogen-bond donors (Lipinski definition) is 0. The van der Waals surface area contributed by atoms with Gasteiger partial charge in [-0.05, 0) is 25.7 Å². The summed E-state index contributed by atoms with van der Waals surface area (Å²) in [6.07, 6.45) is 11.9. The number of ketones is 1. The van der Waals surface area contributed by atoms with Crippen LogP contribution in [0.4, 0.5) is 0 Å². The Balaban J connectivity index is 2.02. The number of rotatable bonds is 7. The lowest BCUT2D eigenvalue weighted by Crippen LogP contribution is -1.98. The van der Waals surface area contributed by atoms with Crippen molar-refractivity contribution in [3.63, 3.8) is 0 Å². The monoisotopic (exact) mass is 236 g/mol. The molecule has 1 aliphatic rings. The van der Waals surface area contributed by atoms with Gasteiger partial charge < -0.3 is 4.74 Å². The van der Waals surface area contributed by atoms with Gasteiger partial charge in [0.1, 0.15) is 0 Å². The summed E-state index contributed by atoms with van der Waals surface area (Å²) in [6.45, 7) is 0. The molecule has 1 rings (SSSR count). The molecule has 0 atom stereocenters. The van der Waals surface area contributed by atoms with Crippen molar-refractivity contribution >= 4 is 11.8 Å². The molecule has 0 radical (unpaired) electrons. The van der Waals surface area contributed by atoms with Crippen LogP contribution in [0.1, 0.15) is 44.9 Å². The van der Waals surface area contributed by atoms with E-state index in [0.717, 1.165) is 37.7 Å². The lowest BCUT2D eigenvalue weighted by atomic mass is 10.1. The van der Waals surface area contributed by atoms with Crippen LogP contribution in [0.25, 0.3) is 0 Å². The normalized spacial score (nSPS) is 15.4. The number of allylic oxidation sites excluding steroid dienone is 4. The zero-order valence-corrected chi connectivity index (χ0v) is 10.4. The van der Waals surface area contributed by atoms with Crippen molar-refractivity contribution in [2.45, 2.75) is 44.9 Å². The van der Waals surface area contributed by atoms with Crippen molar-refractivity contribution in [3.8, 4) is 0 Å². The maximum Gasteiger partial charge on any atom is 0.305 e. The van der Waals surface area contributed by atoms with Gasteiger partial charge in [-0.1, -0.05) is 24.6 Å². The van der Waals surface area contributed by atoms with E-state index in [9.17, 15) is 9.59 Å². The van der Waals surface area contributed by atoms with Gasteiger partial charge in [-0.15, -0.1) is 0 Å². The van der Waals surface area contributed by atoms with Gasteiger partial charge in [-0.25, -0.2) is 0 Å². The number of methoxy groups -OCH3 is 1. The molecule has 0 amide bonds. The minimum atomic E-state index is -0.137. The smallest absolute Gasteiger partial charge is 0.305 e. The largest absolute Gasteiger partial charge is 0.469 e. The highest BCUT2D eigenvalue weighted by atomic mass is 16.5. The van der Waals surface area contributed by atoms with Crippen LogP contribution in [-0.4, -0.2) is 18.9 Å². The van der Waals surface area contributed by atoms with E-state index in [0.29, 0.717) is 12.8 Å². The second-order valence-electron chi connectivity index (χ2n) is 4.20. The van der Waals surface area contributed by atoms with Gasteiger partial charge in [0, 0.05) is 18.4 Å². The number of esters is 1. The molecule has 0 aromatic heterocycles. The summed E-state index contributed by atoms with van der Waals surface area (Å²) in [5.41, 5.74) is 0.861. The van der Waals surface area contributed by atoms with Gasteiger partial charge in [0.25, 0.3) is 0 Å². The molecule has 0 aromatic carbocycles. The number of ether oxygens (including phenoxy) is 1. The Kier molecular flexibility index (Phi) is 6.30. The van der Waals surface area contributed by atoms with Gasteiger partial charge in [0.05, 0.1) is 7.11 Å². The quantitative estimate of drug-likeness (QED) is 0.504. The Morgan fingerprint density at radius 3 is 2.88 bits per heavy atom. The summed E-state index contributed by atoms with van der Waals surface area (Å²) in [5, 5.41) is 0. The fraction of sp³-hybridized carbons (Fsp3) is 0.571. The van der Waals surface area contributed by atoms with Crippen molar-refractivity contribution in [2.75, 3.05) is 7.11 Å². The zero-order chi connectivity index (χ0) is 12.5. The topological polar surface area (TPSA) is 43.4 Å². The van der Waals surface area contributed by atoms with E-state index < -0.39 is 0 Å². The molecule has 94 valence electrons. The van der Waals surface area contributed by atoms with E-state index in [2.05, 4.69) is 4.74 Å². The van der Waals surface area contributed by atoms with Crippen LogP contribution >= 0.6 is 0 Å². The van der Waals surface area contributed by atoms with Gasteiger partial charge in [-0.2, -0.15) is 0 Å². The molecule has 0 heterocycles. The zero-order valence-electron chi connectivity index (χ0n) is 10.4. The minimum Gasteiger partial charge on any atom is -0.469 e. The highest BCUT2D eigenvalue weighted by Crippen LogP contribution is 2.15. The van der Waals surface area contributed by atoms with Crippen LogP contribution < -0.4 is 0 Å². The third-order valence-corrected chi connectivity index (χ3v) is 2.83. The van der Waals surface area contributed by atoms with E-state index in [4.69, 9.17) is 0 Å². The van der Waals surface area contributed by atoms with E-state index >= 15 is 0 Å². The van der Waals surface area contributed by atoms with Crippen LogP contribution in [0.5, 0.6) is 0 Å². The number of carbonyl (C=O) groups is 2. The SMILES string of the molecule is COC(=O)CCCCCC=CC1=CCCC1=O. The molecule has 0 aromatic rings. The number of unbranched alkanes of at least 4 members (excludes halogenated alkanes) is 3. The van der Waals surface area contributed by atoms with E-state index in [1.165, 1.54) is 7.11 Å². The lowest BCUT2D eigenvalue weighted by Gasteiger charge is -1.98. The first kappa shape index (κ1) is 13.7. The third-order valence-electron chi connectivity index (χ3n) is 2.83. The summed E-state index contributed by atoms with van der Waals surface area (Å²) in [7, 11) is 1.41. The summed E-state index contributed by atoms with van der Waals surface area (Å²) < 4.78 is 4.56. The Bertz CT molecular complexity index is 326. The fourth-order valence-corrected chi connectivity index (χ4v) is 1.80. The number of carbonyl (C=O) groups excluding carboxylic acids is 2. The fourth-order valence-electron chi connectivity index (χ4n) is 1.80. The summed E-state index contributed by atoms with van der Waals surface area (Å²) >= 11 is 0. The van der Waals surface area contributed by atoms with Crippen molar-refractivity contribution in [2.24, 2.45) is 0 Å². The molecule has 0 spiro atoms. The average Bonchev–Trinajstić information content (AvgIpc) is 2.73. The molecule has 3 nitrogen and oxygen atoms in total. The maximum absolute atomic E-state index is 11.3. The Hall–Kier alpha value is -1.38. The molecule has 0 bridgehead atoms. The second kappa shape index (κ2) is 7.82. The molecule has 0 aliphatic heterocycles. The van der Waals surface area contributed by atoms with Gasteiger partial charge in [0.2, 0.25) is 0 Å². The van der Waals surface area contributed by atoms with Crippen molar-refractivity contribution in [1.82, 2.24) is 0 Å². The Morgan fingerprint density at radius 2 is 2.24 bits per heavy atom. The van der Waals surface area contributed by atoms with E-state index in [1.807, 2.05) is 18.2 Å². The molecular weight excluding hydrogens is 216 g/mol. The van der Waals surface area contributed by atoms with Gasteiger partial charge >= 0.3 is 5.97 Å². The van der Waals surface area contributed by atoms with Gasteiger partial charge in [0.15, 0.2) is 5.78 Å². The molecule has 0 fully saturated rings. The summed E-state index contributed by atoms with van der Waals surface area (Å²) in [4.78, 5) is 22.1. The van der Waals surface area contributed by atoms with E-state index in [-0.39, 0.29) is 11.8 Å². The first-order valence-electron chi connectivity index (χ1n) is 6.20. The van der Waals surface area contributed by atoms with Crippen LogP contribution in [0, 0.1) is 0 Å². The Labute approximate surface area is 103 Å². The van der Waals surface area contributed by atoms with Crippen molar-refractivity contribution in [3.05, 3.63) is 23.8 Å². The molecule has 3 heteroatoms. The maximum atomic E-state index is 11.3. The predicted octanol–water partition coefficient (Wildman–Crippen LogP) is 2.96. The summed E-state index contributed by atoms with van der Waals surface area (Å²) in [6, 6.07) is 0. The second-order valence-corrected chi connectivity index (χ2v) is 4.20.